The number of carbonyl (C=O) groups is 3. The van der Waals surface area contributed by atoms with Crippen molar-refractivity contribution in [2.75, 3.05) is 0 Å². The van der Waals surface area contributed by atoms with Crippen LogP contribution in [0, 0.1) is 0 Å². The van der Waals surface area contributed by atoms with Gasteiger partial charge in [-0.2, -0.15) is 0 Å². The van der Waals surface area contributed by atoms with Crippen LogP contribution in [-0.2, 0) is 32.3 Å². The van der Waals surface area contributed by atoms with Crippen molar-refractivity contribution in [3.8, 4) is 0 Å². The fourth-order valence-corrected chi connectivity index (χ4v) is 3.97. The molecule has 0 radical (unpaired) electrons. The molecule has 8 heteroatoms. The van der Waals surface area contributed by atoms with E-state index in [1.54, 1.807) is 0 Å². The monoisotopic (exact) mass is 483 g/mol. The van der Waals surface area contributed by atoms with Crippen molar-refractivity contribution in [2.24, 2.45) is 5.16 Å². The topological polar surface area (TPSA) is 96.9 Å². The first kappa shape index (κ1) is 21.2. The summed E-state index contributed by atoms with van der Waals surface area (Å²) in [5.74, 6) is -1.02. The van der Waals surface area contributed by atoms with E-state index in [4.69, 9.17) is 4.84 Å². The lowest BCUT2D eigenvalue weighted by atomic mass is 9.86. The lowest BCUT2D eigenvalue weighted by molar-refractivity contribution is -0.156. The number of carbonyl (C=O) groups excluding carboxylic acids is 3. The summed E-state index contributed by atoms with van der Waals surface area (Å²) in [5, 5.41) is 9.81. The Bertz CT molecular complexity index is 1050. The predicted molar refractivity (Wildman–Crippen MR) is 118 cm³/mol. The van der Waals surface area contributed by atoms with E-state index in [1.807, 2.05) is 48.5 Å². The van der Waals surface area contributed by atoms with E-state index >= 15 is 0 Å². The van der Waals surface area contributed by atoms with Crippen LogP contribution in [-0.4, -0.2) is 28.9 Å². The summed E-state index contributed by atoms with van der Waals surface area (Å²) >= 11 is 3.39. The lowest BCUT2D eigenvalue weighted by Gasteiger charge is -2.24. The van der Waals surface area contributed by atoms with Gasteiger partial charge in [-0.3, -0.25) is 14.4 Å². The summed E-state index contributed by atoms with van der Waals surface area (Å²) in [6.45, 7) is 0.651. The molecule has 1 spiro atoms. The summed E-state index contributed by atoms with van der Waals surface area (Å²) in [7, 11) is 0. The molecular formula is C23H22BrN3O4. The second-order valence-corrected chi connectivity index (χ2v) is 8.61. The number of hydrogen-bond acceptors (Lipinski definition) is 5. The maximum Gasteiger partial charge on any atom is 0.277 e. The standard InChI is InChI=1S/C23H22BrN3O4/c24-18-9-7-17(8-10-18)19-12-23(31-27-19)20(28)5-2-6-21(29)25-13-15-3-1-4-16(11-15)14-26-22(23)30/h1,3-4,7-11H,2,5-6,12-14H2,(H,25,29)(H,26,30). The van der Waals surface area contributed by atoms with Crippen molar-refractivity contribution in [3.63, 3.8) is 0 Å². The van der Waals surface area contributed by atoms with Gasteiger partial charge in [0.1, 0.15) is 0 Å². The molecule has 160 valence electrons. The number of benzene rings is 2. The minimum absolute atomic E-state index is 0.0472. The summed E-state index contributed by atoms with van der Waals surface area (Å²) in [6.07, 6.45) is 0.626. The second kappa shape index (κ2) is 9.01. The van der Waals surface area contributed by atoms with E-state index in [2.05, 4.69) is 31.7 Å². The number of Topliss-reactive ketones (excluding diaryl/α,β-unsaturated/α-hetero) is 1. The minimum atomic E-state index is -1.72. The van der Waals surface area contributed by atoms with Gasteiger partial charge < -0.3 is 15.5 Å². The highest BCUT2D eigenvalue weighted by Gasteiger charge is 2.52. The zero-order valence-electron chi connectivity index (χ0n) is 16.8. The molecule has 31 heavy (non-hydrogen) atoms. The molecule has 2 heterocycles. The van der Waals surface area contributed by atoms with Gasteiger partial charge in [0.15, 0.2) is 5.78 Å². The zero-order chi connectivity index (χ0) is 21.8. The first-order chi connectivity index (χ1) is 15.0. The molecule has 2 aromatic rings. The van der Waals surface area contributed by atoms with Crippen LogP contribution in [0.4, 0.5) is 0 Å². The number of amides is 2. The number of nitrogens with one attached hydrogen (secondary N) is 2. The highest BCUT2D eigenvalue weighted by Crippen LogP contribution is 2.31. The molecule has 0 saturated heterocycles. The largest absolute Gasteiger partial charge is 0.370 e. The molecule has 7 nitrogen and oxygen atoms in total. The Balaban J connectivity index is 1.59. The molecule has 2 aliphatic heterocycles. The fraction of sp³-hybridized carbons (Fsp3) is 0.304. The zero-order valence-corrected chi connectivity index (χ0v) is 18.4. The molecule has 1 atom stereocenters. The summed E-state index contributed by atoms with van der Waals surface area (Å²) < 4.78 is 0.915. The molecule has 0 aliphatic carbocycles. The molecule has 4 rings (SSSR count). The van der Waals surface area contributed by atoms with E-state index in [0.717, 1.165) is 21.2 Å². The predicted octanol–water partition coefficient (Wildman–Crippen LogP) is 3.00. The van der Waals surface area contributed by atoms with Gasteiger partial charge in [-0.25, -0.2) is 0 Å². The van der Waals surface area contributed by atoms with E-state index < -0.39 is 11.5 Å². The summed E-state index contributed by atoms with van der Waals surface area (Å²) in [5.41, 5.74) is 1.41. The maximum atomic E-state index is 13.2. The van der Waals surface area contributed by atoms with Gasteiger partial charge in [0, 0.05) is 30.4 Å². The van der Waals surface area contributed by atoms with Gasteiger partial charge >= 0.3 is 0 Å². The molecule has 2 aromatic carbocycles. The molecule has 0 fully saturated rings. The Morgan fingerprint density at radius 3 is 2.39 bits per heavy atom. The Labute approximate surface area is 188 Å². The van der Waals surface area contributed by atoms with Crippen molar-refractivity contribution in [2.45, 2.75) is 44.4 Å². The van der Waals surface area contributed by atoms with Gasteiger partial charge in [0.2, 0.25) is 5.91 Å². The SMILES string of the molecule is O=C1CCCC(=O)C2(CC(c3ccc(Br)cc3)=NO2)C(=O)NCc2cccc(c2)CN1. The molecule has 2 bridgehead atoms. The minimum Gasteiger partial charge on any atom is -0.370 e. The van der Waals surface area contributed by atoms with Crippen molar-refractivity contribution < 1.29 is 19.2 Å². The van der Waals surface area contributed by atoms with Crippen LogP contribution < -0.4 is 10.6 Å². The lowest BCUT2D eigenvalue weighted by Crippen LogP contribution is -2.52. The average molecular weight is 484 g/mol. The van der Waals surface area contributed by atoms with E-state index in [1.165, 1.54) is 0 Å². The summed E-state index contributed by atoms with van der Waals surface area (Å²) in [6, 6.07) is 15.0. The van der Waals surface area contributed by atoms with Crippen LogP contribution in [0.25, 0.3) is 0 Å². The molecule has 2 amide bonds. The van der Waals surface area contributed by atoms with Crippen molar-refractivity contribution in [3.05, 3.63) is 69.7 Å². The van der Waals surface area contributed by atoms with Crippen LogP contribution in [0.15, 0.2) is 58.2 Å². The molecular weight excluding hydrogens is 462 g/mol. The van der Waals surface area contributed by atoms with Crippen LogP contribution in [0.2, 0.25) is 0 Å². The summed E-state index contributed by atoms with van der Waals surface area (Å²) in [4.78, 5) is 44.0. The van der Waals surface area contributed by atoms with Crippen molar-refractivity contribution in [1.82, 2.24) is 10.6 Å². The molecule has 2 N–H and O–H groups in total. The first-order valence-corrected chi connectivity index (χ1v) is 10.9. The van der Waals surface area contributed by atoms with Crippen LogP contribution in [0.5, 0.6) is 0 Å². The van der Waals surface area contributed by atoms with Gasteiger partial charge in [0.25, 0.3) is 11.5 Å². The van der Waals surface area contributed by atoms with Crippen molar-refractivity contribution >= 4 is 39.2 Å². The molecule has 0 aromatic heterocycles. The number of oxime groups is 1. The number of fused-ring (bicyclic) bond motifs is 2. The average Bonchev–Trinajstić information content (AvgIpc) is 3.23. The molecule has 1 unspecified atom stereocenters. The molecule has 0 saturated carbocycles. The normalized spacial score (nSPS) is 22.2. The van der Waals surface area contributed by atoms with Gasteiger partial charge in [-0.05, 0) is 35.2 Å². The van der Waals surface area contributed by atoms with Crippen LogP contribution in [0.3, 0.4) is 0 Å². The van der Waals surface area contributed by atoms with Crippen molar-refractivity contribution in [1.29, 1.82) is 0 Å². The Morgan fingerprint density at radius 2 is 1.65 bits per heavy atom. The maximum absolute atomic E-state index is 13.2. The number of rotatable bonds is 1. The Hall–Kier alpha value is -3.00. The van der Waals surface area contributed by atoms with Gasteiger partial charge in [-0.15, -0.1) is 0 Å². The van der Waals surface area contributed by atoms with E-state index in [9.17, 15) is 14.4 Å². The van der Waals surface area contributed by atoms with E-state index in [0.29, 0.717) is 18.7 Å². The number of hydrogen-bond donors (Lipinski definition) is 2. The third-order valence-corrected chi connectivity index (χ3v) is 5.99. The highest BCUT2D eigenvalue weighted by atomic mass is 79.9. The third-order valence-electron chi connectivity index (χ3n) is 5.46. The van der Waals surface area contributed by atoms with Crippen LogP contribution >= 0.6 is 15.9 Å². The number of halogens is 1. The third kappa shape index (κ3) is 4.69. The number of nitrogens with zero attached hydrogens (tertiary/aromatic N) is 1. The van der Waals surface area contributed by atoms with Gasteiger partial charge in [-0.1, -0.05) is 57.5 Å². The number of ketones is 1. The highest BCUT2D eigenvalue weighted by molar-refractivity contribution is 9.10. The second-order valence-electron chi connectivity index (χ2n) is 7.70. The van der Waals surface area contributed by atoms with Gasteiger partial charge in [0.05, 0.1) is 12.1 Å². The van der Waals surface area contributed by atoms with E-state index in [-0.39, 0.29) is 37.5 Å². The molecule has 2 aliphatic rings. The van der Waals surface area contributed by atoms with Crippen LogP contribution in [0.1, 0.15) is 42.4 Å². The fourth-order valence-electron chi connectivity index (χ4n) is 3.70. The quantitative estimate of drug-likeness (QED) is 0.609. The smallest absolute Gasteiger partial charge is 0.277 e. The Kier molecular flexibility index (Phi) is 6.18. The Morgan fingerprint density at radius 1 is 0.935 bits per heavy atom. The first-order valence-electron chi connectivity index (χ1n) is 10.1.